The van der Waals surface area contributed by atoms with Gasteiger partial charge in [0.05, 0.1) is 0 Å². The van der Waals surface area contributed by atoms with Crippen molar-refractivity contribution >= 4 is 23.5 Å². The molecule has 1 saturated heterocycles. The molecule has 10 nitrogen and oxygen atoms in total. The van der Waals surface area contributed by atoms with Crippen LogP contribution in [0, 0.1) is 0 Å². The highest BCUT2D eigenvalue weighted by Gasteiger charge is 2.71. The van der Waals surface area contributed by atoms with Gasteiger partial charge in [-0.05, 0) is 13.8 Å². The van der Waals surface area contributed by atoms with Gasteiger partial charge in [-0.15, -0.1) is 0 Å². The van der Waals surface area contributed by atoms with E-state index in [4.69, 9.17) is 9.47 Å². The SMILES string of the molecule is CC(=O)OC[C@H]1OC(O)[C@](O)(C(C)=O)[C@](O)(C(C)=O)[C@@H]1OC(C)=O. The molecule has 3 N–H and O–H groups in total. The number of rotatable bonds is 5. The summed E-state index contributed by atoms with van der Waals surface area (Å²) in [7, 11) is 0. The summed E-state index contributed by atoms with van der Waals surface area (Å²) in [6.45, 7) is 3.08. The Morgan fingerprint density at radius 1 is 0.958 bits per heavy atom. The summed E-state index contributed by atoms with van der Waals surface area (Å²) in [5.74, 6) is -4.04. The van der Waals surface area contributed by atoms with E-state index in [0.29, 0.717) is 0 Å². The second-order valence-corrected chi connectivity index (χ2v) is 5.50. The van der Waals surface area contributed by atoms with E-state index < -0.39 is 59.8 Å². The molecule has 1 fully saturated rings. The Labute approximate surface area is 137 Å². The van der Waals surface area contributed by atoms with Crippen LogP contribution in [0.4, 0.5) is 0 Å². The number of carbonyl (C=O) groups excluding carboxylic acids is 4. The van der Waals surface area contributed by atoms with Crippen molar-refractivity contribution in [2.24, 2.45) is 0 Å². The van der Waals surface area contributed by atoms with Crippen LogP contribution >= 0.6 is 0 Å². The maximum Gasteiger partial charge on any atom is 0.303 e. The first kappa shape index (κ1) is 20.2. The zero-order valence-electron chi connectivity index (χ0n) is 13.6. The van der Waals surface area contributed by atoms with Gasteiger partial charge in [0.2, 0.25) is 11.2 Å². The number of ether oxygens (including phenoxy) is 3. The van der Waals surface area contributed by atoms with Gasteiger partial charge in [-0.2, -0.15) is 0 Å². The van der Waals surface area contributed by atoms with Crippen molar-refractivity contribution in [3.63, 3.8) is 0 Å². The molecular weight excluding hydrogens is 328 g/mol. The first-order valence-electron chi connectivity index (χ1n) is 6.99. The molecule has 0 aliphatic carbocycles. The summed E-state index contributed by atoms with van der Waals surface area (Å²) in [4.78, 5) is 46.1. The molecule has 1 aliphatic rings. The van der Waals surface area contributed by atoms with Crippen molar-refractivity contribution in [1.82, 2.24) is 0 Å². The fourth-order valence-electron chi connectivity index (χ4n) is 2.59. The van der Waals surface area contributed by atoms with Crippen LogP contribution in [0.1, 0.15) is 27.7 Å². The maximum atomic E-state index is 12.0. The minimum absolute atomic E-state index is 0.603. The molecule has 1 aliphatic heterocycles. The first-order valence-corrected chi connectivity index (χ1v) is 6.99. The molecule has 5 atom stereocenters. The van der Waals surface area contributed by atoms with Gasteiger partial charge in [-0.3, -0.25) is 19.2 Å². The Hall–Kier alpha value is -1.88. The van der Waals surface area contributed by atoms with Crippen molar-refractivity contribution in [2.75, 3.05) is 6.61 Å². The van der Waals surface area contributed by atoms with Gasteiger partial charge in [-0.25, -0.2) is 0 Å². The number of esters is 2. The predicted octanol–water partition coefficient (Wildman–Crippen LogP) is -2.16. The minimum atomic E-state index is -3.08. The van der Waals surface area contributed by atoms with Gasteiger partial charge in [0.25, 0.3) is 0 Å². The molecule has 10 heteroatoms. The Balaban J connectivity index is 3.45. The van der Waals surface area contributed by atoms with Crippen molar-refractivity contribution in [1.29, 1.82) is 0 Å². The molecule has 0 radical (unpaired) electrons. The Bertz CT molecular complexity index is 558. The van der Waals surface area contributed by atoms with E-state index in [2.05, 4.69) is 4.74 Å². The zero-order valence-corrected chi connectivity index (χ0v) is 13.6. The lowest BCUT2D eigenvalue weighted by atomic mass is 9.69. The van der Waals surface area contributed by atoms with Crippen LogP contribution in [0.2, 0.25) is 0 Å². The highest BCUT2D eigenvalue weighted by Crippen LogP contribution is 2.40. The molecule has 0 amide bonds. The molecule has 0 saturated carbocycles. The van der Waals surface area contributed by atoms with Crippen LogP contribution in [0.3, 0.4) is 0 Å². The van der Waals surface area contributed by atoms with Crippen molar-refractivity contribution in [3.05, 3.63) is 0 Å². The van der Waals surface area contributed by atoms with E-state index in [-0.39, 0.29) is 0 Å². The highest BCUT2D eigenvalue weighted by molar-refractivity contribution is 5.98. The zero-order chi connectivity index (χ0) is 18.9. The third kappa shape index (κ3) is 3.18. The maximum absolute atomic E-state index is 12.0. The van der Waals surface area contributed by atoms with Crippen LogP contribution in [-0.2, 0) is 33.4 Å². The number of Topliss-reactive ketones (excluding diaryl/α,β-unsaturated/α-hetero) is 2. The Morgan fingerprint density at radius 2 is 1.46 bits per heavy atom. The molecule has 0 aromatic carbocycles. The fraction of sp³-hybridized carbons (Fsp3) is 0.714. The number of aliphatic hydroxyl groups is 3. The van der Waals surface area contributed by atoms with Crippen LogP contribution in [-0.4, -0.2) is 75.1 Å². The lowest BCUT2D eigenvalue weighted by Crippen LogP contribution is -2.80. The molecule has 24 heavy (non-hydrogen) atoms. The minimum Gasteiger partial charge on any atom is -0.463 e. The number of aliphatic hydroxyl groups excluding tert-OH is 1. The number of carbonyl (C=O) groups is 4. The van der Waals surface area contributed by atoms with Gasteiger partial charge < -0.3 is 29.5 Å². The fourth-order valence-corrected chi connectivity index (χ4v) is 2.59. The lowest BCUT2D eigenvalue weighted by Gasteiger charge is -2.52. The quantitative estimate of drug-likeness (QED) is 0.467. The topological polar surface area (TPSA) is 157 Å². The molecule has 1 unspecified atom stereocenters. The average Bonchev–Trinajstić information content (AvgIpc) is 2.45. The van der Waals surface area contributed by atoms with Crippen molar-refractivity contribution in [2.45, 2.75) is 57.4 Å². The summed E-state index contributed by atoms with van der Waals surface area (Å²) in [6, 6.07) is 0. The summed E-state index contributed by atoms with van der Waals surface area (Å²) < 4.78 is 14.5. The Morgan fingerprint density at radius 3 is 1.83 bits per heavy atom. The number of hydrogen-bond donors (Lipinski definition) is 3. The van der Waals surface area contributed by atoms with E-state index in [0.717, 1.165) is 27.7 Å². The van der Waals surface area contributed by atoms with E-state index >= 15 is 0 Å². The van der Waals surface area contributed by atoms with Crippen molar-refractivity contribution < 1.29 is 48.7 Å². The third-order valence-electron chi connectivity index (χ3n) is 3.81. The normalized spacial score (nSPS) is 35.9. The smallest absolute Gasteiger partial charge is 0.303 e. The van der Waals surface area contributed by atoms with Gasteiger partial charge in [0.1, 0.15) is 12.7 Å². The third-order valence-corrected chi connectivity index (χ3v) is 3.81. The van der Waals surface area contributed by atoms with Crippen molar-refractivity contribution in [3.8, 4) is 0 Å². The summed E-state index contributed by atoms with van der Waals surface area (Å²) in [6.07, 6.45) is -5.72. The van der Waals surface area contributed by atoms with Gasteiger partial charge >= 0.3 is 11.9 Å². The second kappa shape index (κ2) is 6.93. The lowest BCUT2D eigenvalue weighted by molar-refractivity contribution is -0.341. The van der Waals surface area contributed by atoms with E-state index in [1.54, 1.807) is 0 Å². The van der Waals surface area contributed by atoms with E-state index in [1.807, 2.05) is 0 Å². The molecule has 1 rings (SSSR count). The Kier molecular flexibility index (Phi) is 5.82. The van der Waals surface area contributed by atoms with Crippen LogP contribution in [0.25, 0.3) is 0 Å². The second-order valence-electron chi connectivity index (χ2n) is 5.50. The summed E-state index contributed by atoms with van der Waals surface area (Å²) in [5, 5.41) is 31.2. The van der Waals surface area contributed by atoms with E-state index in [9.17, 15) is 34.5 Å². The molecule has 0 aromatic rings. The molecule has 0 aromatic heterocycles. The largest absolute Gasteiger partial charge is 0.463 e. The molecule has 0 bridgehead atoms. The van der Waals surface area contributed by atoms with Gasteiger partial charge in [0.15, 0.2) is 24.0 Å². The molecule has 1 heterocycles. The van der Waals surface area contributed by atoms with Crippen LogP contribution in [0.15, 0.2) is 0 Å². The highest BCUT2D eigenvalue weighted by atomic mass is 16.7. The first-order chi connectivity index (χ1) is 10.9. The number of hydrogen-bond acceptors (Lipinski definition) is 10. The molecular formula is C14H20O10. The predicted molar refractivity (Wildman–Crippen MR) is 74.3 cm³/mol. The van der Waals surface area contributed by atoms with Gasteiger partial charge in [-0.1, -0.05) is 0 Å². The van der Waals surface area contributed by atoms with Gasteiger partial charge in [0, 0.05) is 13.8 Å². The number of ketones is 2. The van der Waals surface area contributed by atoms with Crippen LogP contribution < -0.4 is 0 Å². The molecule has 136 valence electrons. The van der Waals surface area contributed by atoms with Crippen LogP contribution in [0.5, 0.6) is 0 Å². The molecule has 0 spiro atoms. The average molecular weight is 348 g/mol. The van der Waals surface area contributed by atoms with E-state index in [1.165, 1.54) is 0 Å². The summed E-state index contributed by atoms with van der Waals surface area (Å²) in [5.41, 5.74) is -6.08. The standard InChI is InChI=1S/C14H20O10/c1-6(15)13(20)11(23-9(4)18)10(5-22-8(3)17)24-12(19)14(13,21)7(2)16/h10-12,19-21H,5H2,1-4H3/t10-,11-,12?,13+,14-/m1/s1. The monoisotopic (exact) mass is 348 g/mol. The summed E-state index contributed by atoms with van der Waals surface area (Å²) >= 11 is 0.